The second kappa shape index (κ2) is 7.30. The van der Waals surface area contributed by atoms with Gasteiger partial charge in [-0.3, -0.25) is 9.59 Å². The van der Waals surface area contributed by atoms with E-state index in [2.05, 4.69) is 5.32 Å². The van der Waals surface area contributed by atoms with E-state index < -0.39 is 0 Å². The minimum absolute atomic E-state index is 0.00843. The molecular weight excluding hydrogens is 300 g/mol. The quantitative estimate of drug-likeness (QED) is 0.918. The summed E-state index contributed by atoms with van der Waals surface area (Å²) in [6.45, 7) is 2.49. The average Bonchev–Trinajstić information content (AvgIpc) is 3.03. The Morgan fingerprint density at radius 2 is 1.75 bits per heavy atom. The van der Waals surface area contributed by atoms with Crippen molar-refractivity contribution in [1.82, 2.24) is 5.32 Å². The highest BCUT2D eigenvalue weighted by Crippen LogP contribution is 2.26. The summed E-state index contributed by atoms with van der Waals surface area (Å²) in [6, 6.07) is 19.5. The van der Waals surface area contributed by atoms with Crippen LogP contribution < -0.4 is 10.2 Å². The third-order valence-electron chi connectivity index (χ3n) is 4.49. The first kappa shape index (κ1) is 16.2. The SMILES string of the molecule is CC[C@@H](NC(=O)[C@@H]1CC(=O)N(c2ccccc2)C1)c1ccccc1. The predicted molar refractivity (Wildman–Crippen MR) is 94.5 cm³/mol. The van der Waals surface area contributed by atoms with Crippen LogP contribution in [-0.2, 0) is 9.59 Å². The fourth-order valence-electron chi connectivity index (χ4n) is 3.14. The smallest absolute Gasteiger partial charge is 0.227 e. The van der Waals surface area contributed by atoms with Crippen molar-refractivity contribution < 1.29 is 9.59 Å². The molecule has 0 aliphatic carbocycles. The molecule has 3 rings (SSSR count). The van der Waals surface area contributed by atoms with Crippen molar-refractivity contribution in [2.24, 2.45) is 5.92 Å². The third kappa shape index (κ3) is 3.48. The molecule has 1 N–H and O–H groups in total. The van der Waals surface area contributed by atoms with Crippen LogP contribution >= 0.6 is 0 Å². The number of rotatable bonds is 5. The minimum atomic E-state index is -0.296. The molecule has 4 nitrogen and oxygen atoms in total. The average molecular weight is 322 g/mol. The van der Waals surface area contributed by atoms with E-state index >= 15 is 0 Å². The zero-order valence-corrected chi connectivity index (χ0v) is 13.8. The molecule has 1 aliphatic rings. The summed E-state index contributed by atoms with van der Waals surface area (Å²) in [6.07, 6.45) is 1.09. The Morgan fingerprint density at radius 3 is 2.38 bits per heavy atom. The summed E-state index contributed by atoms with van der Waals surface area (Å²) >= 11 is 0. The number of carbonyl (C=O) groups excluding carboxylic acids is 2. The Kier molecular flexibility index (Phi) is 4.94. The molecule has 2 atom stereocenters. The Bertz CT molecular complexity index is 700. The maximum atomic E-state index is 12.6. The minimum Gasteiger partial charge on any atom is -0.349 e. The van der Waals surface area contributed by atoms with Crippen molar-refractivity contribution in [2.75, 3.05) is 11.4 Å². The number of hydrogen-bond acceptors (Lipinski definition) is 2. The lowest BCUT2D eigenvalue weighted by molar-refractivity contribution is -0.127. The summed E-state index contributed by atoms with van der Waals surface area (Å²) in [5, 5.41) is 3.10. The summed E-state index contributed by atoms with van der Waals surface area (Å²) in [7, 11) is 0. The van der Waals surface area contributed by atoms with Crippen molar-refractivity contribution in [2.45, 2.75) is 25.8 Å². The molecule has 0 aromatic heterocycles. The normalized spacial score (nSPS) is 18.5. The Morgan fingerprint density at radius 1 is 1.12 bits per heavy atom. The van der Waals surface area contributed by atoms with Gasteiger partial charge in [0.15, 0.2) is 0 Å². The molecular formula is C20H22N2O2. The van der Waals surface area contributed by atoms with Gasteiger partial charge in [0.1, 0.15) is 0 Å². The van der Waals surface area contributed by atoms with Gasteiger partial charge in [-0.25, -0.2) is 0 Å². The molecule has 1 aliphatic heterocycles. The molecule has 0 saturated carbocycles. The van der Waals surface area contributed by atoms with Gasteiger partial charge in [-0.2, -0.15) is 0 Å². The number of anilines is 1. The topological polar surface area (TPSA) is 49.4 Å². The highest BCUT2D eigenvalue weighted by molar-refractivity contribution is 6.00. The van der Waals surface area contributed by atoms with Crippen molar-refractivity contribution >= 4 is 17.5 Å². The van der Waals surface area contributed by atoms with E-state index in [4.69, 9.17) is 0 Å². The molecule has 1 saturated heterocycles. The van der Waals surface area contributed by atoms with Gasteiger partial charge in [-0.1, -0.05) is 55.5 Å². The molecule has 0 spiro atoms. The van der Waals surface area contributed by atoms with E-state index in [0.29, 0.717) is 6.54 Å². The molecule has 1 fully saturated rings. The van der Waals surface area contributed by atoms with Gasteiger partial charge in [0, 0.05) is 18.7 Å². The Balaban J connectivity index is 1.67. The molecule has 24 heavy (non-hydrogen) atoms. The van der Waals surface area contributed by atoms with E-state index in [1.807, 2.05) is 67.6 Å². The van der Waals surface area contributed by atoms with Crippen molar-refractivity contribution in [3.05, 3.63) is 66.2 Å². The van der Waals surface area contributed by atoms with E-state index in [9.17, 15) is 9.59 Å². The summed E-state index contributed by atoms with van der Waals surface area (Å²) < 4.78 is 0. The molecule has 2 aromatic rings. The fourth-order valence-corrected chi connectivity index (χ4v) is 3.14. The number of nitrogens with one attached hydrogen (secondary N) is 1. The molecule has 2 aromatic carbocycles. The summed E-state index contributed by atoms with van der Waals surface area (Å²) in [4.78, 5) is 26.6. The van der Waals surface area contributed by atoms with Crippen molar-refractivity contribution in [3.63, 3.8) is 0 Å². The van der Waals surface area contributed by atoms with Crippen LogP contribution in [0.2, 0.25) is 0 Å². The predicted octanol–water partition coefficient (Wildman–Crippen LogP) is 3.31. The number of carbonyl (C=O) groups is 2. The molecule has 4 heteroatoms. The first-order valence-electron chi connectivity index (χ1n) is 8.39. The number of hydrogen-bond donors (Lipinski definition) is 1. The highest BCUT2D eigenvalue weighted by atomic mass is 16.2. The van der Waals surface area contributed by atoms with Gasteiger partial charge in [0.25, 0.3) is 0 Å². The Hall–Kier alpha value is -2.62. The van der Waals surface area contributed by atoms with Crippen LogP contribution in [0.4, 0.5) is 5.69 Å². The monoisotopic (exact) mass is 322 g/mol. The fraction of sp³-hybridized carbons (Fsp3) is 0.300. The first-order valence-corrected chi connectivity index (χ1v) is 8.39. The van der Waals surface area contributed by atoms with Crippen LogP contribution in [0.3, 0.4) is 0 Å². The lowest BCUT2D eigenvalue weighted by atomic mass is 10.0. The Labute approximate surface area is 142 Å². The zero-order chi connectivity index (χ0) is 16.9. The number of para-hydroxylation sites is 1. The molecule has 0 radical (unpaired) electrons. The summed E-state index contributed by atoms with van der Waals surface area (Å²) in [5.41, 5.74) is 1.95. The number of nitrogens with zero attached hydrogens (tertiary/aromatic N) is 1. The van der Waals surface area contributed by atoms with Gasteiger partial charge >= 0.3 is 0 Å². The van der Waals surface area contributed by atoms with Gasteiger partial charge in [-0.05, 0) is 24.1 Å². The van der Waals surface area contributed by atoms with E-state index in [1.165, 1.54) is 0 Å². The zero-order valence-electron chi connectivity index (χ0n) is 13.8. The van der Waals surface area contributed by atoms with Crippen LogP contribution in [0.5, 0.6) is 0 Å². The van der Waals surface area contributed by atoms with Crippen LogP contribution in [0.25, 0.3) is 0 Å². The van der Waals surface area contributed by atoms with E-state index in [0.717, 1.165) is 17.7 Å². The van der Waals surface area contributed by atoms with Gasteiger partial charge in [0.2, 0.25) is 11.8 Å². The van der Waals surface area contributed by atoms with Crippen LogP contribution in [-0.4, -0.2) is 18.4 Å². The van der Waals surface area contributed by atoms with Crippen LogP contribution in [0, 0.1) is 5.92 Å². The molecule has 1 heterocycles. The van der Waals surface area contributed by atoms with Crippen molar-refractivity contribution in [1.29, 1.82) is 0 Å². The number of amides is 2. The number of benzene rings is 2. The summed E-state index contributed by atoms with van der Waals surface area (Å²) in [5.74, 6) is -0.331. The lowest BCUT2D eigenvalue weighted by Crippen LogP contribution is -2.35. The van der Waals surface area contributed by atoms with Crippen molar-refractivity contribution in [3.8, 4) is 0 Å². The maximum Gasteiger partial charge on any atom is 0.227 e. The molecule has 0 unspecified atom stereocenters. The largest absolute Gasteiger partial charge is 0.349 e. The van der Waals surface area contributed by atoms with Crippen LogP contribution in [0.15, 0.2) is 60.7 Å². The van der Waals surface area contributed by atoms with Gasteiger partial charge in [0.05, 0.1) is 12.0 Å². The van der Waals surface area contributed by atoms with Gasteiger partial charge < -0.3 is 10.2 Å². The molecule has 2 amide bonds. The third-order valence-corrected chi connectivity index (χ3v) is 4.49. The lowest BCUT2D eigenvalue weighted by Gasteiger charge is -2.20. The second-order valence-corrected chi connectivity index (χ2v) is 6.12. The first-order chi connectivity index (χ1) is 11.7. The standard InChI is InChI=1S/C20H22N2O2/c1-2-18(15-9-5-3-6-10-15)21-20(24)16-13-19(23)22(14-16)17-11-7-4-8-12-17/h3-12,16,18H,2,13-14H2,1H3,(H,21,24)/t16-,18-/m1/s1. The molecule has 124 valence electrons. The highest BCUT2D eigenvalue weighted by Gasteiger charge is 2.35. The second-order valence-electron chi connectivity index (χ2n) is 6.12. The van der Waals surface area contributed by atoms with E-state index in [-0.39, 0.29) is 30.2 Å². The maximum absolute atomic E-state index is 12.6. The van der Waals surface area contributed by atoms with Crippen LogP contribution in [0.1, 0.15) is 31.4 Å². The van der Waals surface area contributed by atoms with Gasteiger partial charge in [-0.15, -0.1) is 0 Å². The molecule has 0 bridgehead atoms. The van der Waals surface area contributed by atoms with E-state index in [1.54, 1.807) is 4.90 Å².